The summed E-state index contributed by atoms with van der Waals surface area (Å²) in [6.07, 6.45) is 4.88. The molecule has 1 fully saturated rings. The van der Waals surface area contributed by atoms with Gasteiger partial charge in [0.25, 0.3) is 5.91 Å². The average Bonchev–Trinajstić information content (AvgIpc) is 3.35. The molecule has 3 heterocycles. The van der Waals surface area contributed by atoms with Crippen LogP contribution in [-0.4, -0.2) is 44.7 Å². The SMILES string of the molecule is CCc1cc(CNC(=O)C[C@H]2CCCN(C(=O)c3ccn(CC)n3)C2)on1. The number of carbonyl (C=O) groups is 2. The predicted octanol–water partition coefficient (Wildman–Crippen LogP) is 2.01. The van der Waals surface area contributed by atoms with Gasteiger partial charge < -0.3 is 14.7 Å². The maximum absolute atomic E-state index is 12.6. The quantitative estimate of drug-likeness (QED) is 0.801. The number of hydrogen-bond acceptors (Lipinski definition) is 5. The third kappa shape index (κ3) is 4.96. The number of piperidine rings is 1. The van der Waals surface area contributed by atoms with E-state index in [0.29, 0.717) is 37.5 Å². The van der Waals surface area contributed by atoms with Gasteiger partial charge in [-0.3, -0.25) is 14.3 Å². The zero-order valence-electron chi connectivity index (χ0n) is 16.0. The van der Waals surface area contributed by atoms with E-state index in [4.69, 9.17) is 4.52 Å². The van der Waals surface area contributed by atoms with Crippen LogP contribution in [0.3, 0.4) is 0 Å². The zero-order valence-corrected chi connectivity index (χ0v) is 16.0. The normalized spacial score (nSPS) is 17.1. The van der Waals surface area contributed by atoms with Crippen LogP contribution in [-0.2, 0) is 24.3 Å². The van der Waals surface area contributed by atoms with Crippen LogP contribution in [0.5, 0.6) is 0 Å². The van der Waals surface area contributed by atoms with Crippen molar-refractivity contribution >= 4 is 11.8 Å². The number of hydrogen-bond donors (Lipinski definition) is 1. The maximum Gasteiger partial charge on any atom is 0.274 e. The molecule has 3 rings (SSSR count). The highest BCUT2D eigenvalue weighted by molar-refractivity contribution is 5.92. The summed E-state index contributed by atoms with van der Waals surface area (Å²) in [7, 11) is 0. The van der Waals surface area contributed by atoms with E-state index in [1.165, 1.54) is 0 Å². The van der Waals surface area contributed by atoms with E-state index >= 15 is 0 Å². The van der Waals surface area contributed by atoms with E-state index in [1.54, 1.807) is 10.7 Å². The van der Waals surface area contributed by atoms with Crippen molar-refractivity contribution in [1.29, 1.82) is 0 Å². The molecule has 8 nitrogen and oxygen atoms in total. The second-order valence-corrected chi connectivity index (χ2v) is 6.94. The van der Waals surface area contributed by atoms with Crippen molar-refractivity contribution < 1.29 is 14.1 Å². The summed E-state index contributed by atoms with van der Waals surface area (Å²) in [5, 5.41) is 11.1. The van der Waals surface area contributed by atoms with Crippen LogP contribution in [0.4, 0.5) is 0 Å². The standard InChI is InChI=1S/C19H27N5O3/c1-3-15-11-16(27-22-15)12-20-18(25)10-14-6-5-8-23(13-14)19(26)17-7-9-24(4-2)21-17/h7,9,11,14H,3-6,8,10,12-13H2,1-2H3,(H,20,25)/t14-/m1/s1. The lowest BCUT2D eigenvalue weighted by Gasteiger charge is -2.32. The molecule has 1 atom stereocenters. The summed E-state index contributed by atoms with van der Waals surface area (Å²) < 4.78 is 6.92. The molecule has 2 amide bonds. The molecule has 1 saturated heterocycles. The number of rotatable bonds is 7. The molecular weight excluding hydrogens is 346 g/mol. The third-order valence-electron chi connectivity index (χ3n) is 4.89. The first-order valence-electron chi connectivity index (χ1n) is 9.63. The molecule has 8 heteroatoms. The molecule has 27 heavy (non-hydrogen) atoms. The molecule has 1 aliphatic heterocycles. The lowest BCUT2D eigenvalue weighted by molar-refractivity contribution is -0.122. The van der Waals surface area contributed by atoms with Crippen molar-refractivity contribution in [3.8, 4) is 0 Å². The minimum Gasteiger partial charge on any atom is -0.359 e. The highest BCUT2D eigenvalue weighted by atomic mass is 16.5. The van der Waals surface area contributed by atoms with Crippen molar-refractivity contribution in [2.75, 3.05) is 13.1 Å². The largest absolute Gasteiger partial charge is 0.359 e. The first kappa shape index (κ1) is 19.1. The molecule has 0 saturated carbocycles. The Hall–Kier alpha value is -2.64. The van der Waals surface area contributed by atoms with Crippen LogP contribution in [0, 0.1) is 5.92 Å². The molecule has 0 radical (unpaired) electrons. The van der Waals surface area contributed by atoms with Crippen LogP contribution in [0.15, 0.2) is 22.9 Å². The van der Waals surface area contributed by atoms with Gasteiger partial charge in [-0.25, -0.2) is 0 Å². The summed E-state index contributed by atoms with van der Waals surface area (Å²) >= 11 is 0. The van der Waals surface area contributed by atoms with Gasteiger partial charge in [-0.15, -0.1) is 0 Å². The minimum absolute atomic E-state index is 0.0287. The molecule has 1 N–H and O–H groups in total. The molecule has 2 aromatic heterocycles. The first-order chi connectivity index (χ1) is 13.1. The van der Waals surface area contributed by atoms with Crippen molar-refractivity contribution in [3.05, 3.63) is 35.5 Å². The Morgan fingerprint density at radius 2 is 2.22 bits per heavy atom. The summed E-state index contributed by atoms with van der Waals surface area (Å²) in [5.74, 6) is 0.740. The Bertz CT molecular complexity index is 782. The summed E-state index contributed by atoms with van der Waals surface area (Å²) in [6.45, 7) is 6.37. The number of nitrogens with one attached hydrogen (secondary N) is 1. The van der Waals surface area contributed by atoms with E-state index in [9.17, 15) is 9.59 Å². The monoisotopic (exact) mass is 373 g/mol. The Morgan fingerprint density at radius 3 is 2.93 bits per heavy atom. The van der Waals surface area contributed by atoms with Gasteiger partial charge in [0.05, 0.1) is 12.2 Å². The van der Waals surface area contributed by atoms with Gasteiger partial charge in [-0.05, 0) is 38.2 Å². The van der Waals surface area contributed by atoms with Crippen LogP contribution in [0.25, 0.3) is 0 Å². The number of aryl methyl sites for hydroxylation is 2. The molecule has 2 aromatic rings. The minimum atomic E-state index is -0.0546. The van der Waals surface area contributed by atoms with Crippen molar-refractivity contribution in [3.63, 3.8) is 0 Å². The van der Waals surface area contributed by atoms with Gasteiger partial charge in [0.15, 0.2) is 5.76 Å². The number of likely N-dealkylation sites (tertiary alicyclic amines) is 1. The van der Waals surface area contributed by atoms with E-state index in [-0.39, 0.29) is 17.7 Å². The fourth-order valence-electron chi connectivity index (χ4n) is 3.36. The number of amides is 2. The smallest absolute Gasteiger partial charge is 0.274 e. The van der Waals surface area contributed by atoms with Crippen molar-refractivity contribution in [1.82, 2.24) is 25.2 Å². The molecule has 0 bridgehead atoms. The van der Waals surface area contributed by atoms with Crippen molar-refractivity contribution in [2.45, 2.75) is 52.6 Å². The summed E-state index contributed by atoms with van der Waals surface area (Å²) in [5.41, 5.74) is 1.35. The molecular formula is C19H27N5O3. The summed E-state index contributed by atoms with van der Waals surface area (Å²) in [4.78, 5) is 26.7. The second kappa shape index (κ2) is 8.83. The third-order valence-corrected chi connectivity index (χ3v) is 4.89. The molecule has 1 aliphatic rings. The molecule has 0 aliphatic carbocycles. The van der Waals surface area contributed by atoms with E-state index in [2.05, 4.69) is 15.6 Å². The van der Waals surface area contributed by atoms with Crippen LogP contribution >= 0.6 is 0 Å². The highest BCUT2D eigenvalue weighted by Gasteiger charge is 2.27. The first-order valence-corrected chi connectivity index (χ1v) is 9.63. The zero-order chi connectivity index (χ0) is 19.2. The van der Waals surface area contributed by atoms with Crippen molar-refractivity contribution in [2.24, 2.45) is 5.92 Å². The average molecular weight is 373 g/mol. The van der Waals surface area contributed by atoms with Gasteiger partial charge in [0.2, 0.25) is 5.91 Å². The maximum atomic E-state index is 12.6. The van der Waals surface area contributed by atoms with E-state index < -0.39 is 0 Å². The Balaban J connectivity index is 1.48. The lowest BCUT2D eigenvalue weighted by atomic mass is 9.94. The number of nitrogens with zero attached hydrogens (tertiary/aromatic N) is 4. The van der Waals surface area contributed by atoms with E-state index in [1.807, 2.05) is 31.0 Å². The van der Waals surface area contributed by atoms with Crippen LogP contribution < -0.4 is 5.32 Å². The predicted molar refractivity (Wildman–Crippen MR) is 98.9 cm³/mol. The Morgan fingerprint density at radius 1 is 1.37 bits per heavy atom. The topological polar surface area (TPSA) is 93.3 Å². The number of aromatic nitrogens is 3. The lowest BCUT2D eigenvalue weighted by Crippen LogP contribution is -2.41. The Kier molecular flexibility index (Phi) is 6.26. The second-order valence-electron chi connectivity index (χ2n) is 6.94. The highest BCUT2D eigenvalue weighted by Crippen LogP contribution is 2.21. The van der Waals surface area contributed by atoms with Crippen LogP contribution in [0.1, 0.15) is 55.1 Å². The van der Waals surface area contributed by atoms with Crippen LogP contribution in [0.2, 0.25) is 0 Å². The fraction of sp³-hybridized carbons (Fsp3) is 0.579. The van der Waals surface area contributed by atoms with Gasteiger partial charge in [-0.1, -0.05) is 12.1 Å². The van der Waals surface area contributed by atoms with Gasteiger partial charge in [-0.2, -0.15) is 5.10 Å². The Labute approximate surface area is 158 Å². The molecule has 146 valence electrons. The molecule has 0 spiro atoms. The fourth-order valence-corrected chi connectivity index (χ4v) is 3.36. The van der Waals surface area contributed by atoms with Gasteiger partial charge >= 0.3 is 0 Å². The number of carbonyl (C=O) groups excluding carboxylic acids is 2. The van der Waals surface area contributed by atoms with Gasteiger partial charge in [0.1, 0.15) is 5.69 Å². The molecule has 0 unspecified atom stereocenters. The summed E-state index contributed by atoms with van der Waals surface area (Å²) in [6, 6.07) is 3.61. The molecule has 0 aromatic carbocycles. The van der Waals surface area contributed by atoms with E-state index in [0.717, 1.165) is 31.5 Å². The van der Waals surface area contributed by atoms with Gasteiger partial charge in [0, 0.05) is 38.3 Å².